The first-order valence-electron chi connectivity index (χ1n) is 10.2. The maximum atomic E-state index is 12.8. The van der Waals surface area contributed by atoms with Gasteiger partial charge in [0.2, 0.25) is 10.0 Å². The predicted octanol–water partition coefficient (Wildman–Crippen LogP) is 3.91. The van der Waals surface area contributed by atoms with Crippen molar-refractivity contribution in [1.82, 2.24) is 0 Å². The molecule has 1 aliphatic heterocycles. The third-order valence-corrected chi connectivity index (χ3v) is 6.68. The Morgan fingerprint density at radius 3 is 2.48 bits per heavy atom. The lowest BCUT2D eigenvalue weighted by Gasteiger charge is -2.18. The topological polar surface area (TPSA) is 122 Å². The molecule has 10 heteroatoms. The van der Waals surface area contributed by atoms with Crippen LogP contribution in [-0.2, 0) is 10.0 Å². The minimum absolute atomic E-state index is 0.00391. The lowest BCUT2D eigenvalue weighted by atomic mass is 10.1. The molecule has 0 radical (unpaired) electrons. The average molecular weight is 447 g/mol. The van der Waals surface area contributed by atoms with E-state index in [2.05, 4.69) is 10.0 Å². The van der Waals surface area contributed by atoms with E-state index in [-0.39, 0.29) is 17.0 Å². The number of nitro groups is 1. The van der Waals surface area contributed by atoms with Crippen molar-refractivity contribution < 1.29 is 18.1 Å². The molecule has 2 aromatic rings. The smallest absolute Gasteiger partial charge is 0.293 e. The molecule has 0 aliphatic carbocycles. The third-order valence-electron chi connectivity index (χ3n) is 5.20. The van der Waals surface area contributed by atoms with Crippen LogP contribution in [0.3, 0.4) is 0 Å². The van der Waals surface area contributed by atoms with E-state index in [4.69, 9.17) is 0 Å². The number of nitro benzene ring substituents is 1. The molecule has 166 valence electrons. The van der Waals surface area contributed by atoms with Crippen molar-refractivity contribution in [2.45, 2.75) is 33.1 Å². The van der Waals surface area contributed by atoms with Gasteiger partial charge in [-0.05, 0) is 56.0 Å². The summed E-state index contributed by atoms with van der Waals surface area (Å²) in [6.45, 7) is 4.98. The number of benzene rings is 2. The van der Waals surface area contributed by atoms with Crippen LogP contribution >= 0.6 is 0 Å². The van der Waals surface area contributed by atoms with Crippen molar-refractivity contribution >= 4 is 38.7 Å². The number of amides is 1. The SMILES string of the molecule is CCCS(=O)(=O)Nc1cccc(NC(=O)c2ccc(N3CCCC3)c([N+](=O)[O-])c2)c1C. The van der Waals surface area contributed by atoms with Gasteiger partial charge in [-0.1, -0.05) is 13.0 Å². The first kappa shape index (κ1) is 22.5. The molecule has 3 rings (SSSR count). The molecule has 1 aliphatic rings. The second-order valence-electron chi connectivity index (χ2n) is 7.51. The van der Waals surface area contributed by atoms with E-state index in [1.165, 1.54) is 6.07 Å². The second kappa shape index (κ2) is 9.34. The van der Waals surface area contributed by atoms with Gasteiger partial charge in [-0.3, -0.25) is 19.6 Å². The number of rotatable bonds is 8. The van der Waals surface area contributed by atoms with E-state index in [0.29, 0.717) is 29.0 Å². The van der Waals surface area contributed by atoms with Crippen LogP contribution < -0.4 is 14.9 Å². The number of carbonyl (C=O) groups is 1. The number of anilines is 3. The largest absolute Gasteiger partial charge is 0.366 e. The Morgan fingerprint density at radius 2 is 1.84 bits per heavy atom. The van der Waals surface area contributed by atoms with E-state index in [9.17, 15) is 23.3 Å². The number of nitrogens with one attached hydrogen (secondary N) is 2. The van der Waals surface area contributed by atoms with E-state index in [1.807, 2.05) is 4.90 Å². The Kier molecular flexibility index (Phi) is 6.79. The molecule has 1 amide bonds. The number of sulfonamides is 1. The van der Waals surface area contributed by atoms with E-state index < -0.39 is 20.9 Å². The predicted molar refractivity (Wildman–Crippen MR) is 121 cm³/mol. The first-order valence-corrected chi connectivity index (χ1v) is 11.8. The molecule has 0 aromatic heterocycles. The molecule has 0 unspecified atom stereocenters. The highest BCUT2D eigenvalue weighted by Gasteiger charge is 2.24. The molecule has 1 saturated heterocycles. The Balaban J connectivity index is 1.84. The molecule has 1 heterocycles. The van der Waals surface area contributed by atoms with Crippen LogP contribution in [0.2, 0.25) is 0 Å². The lowest BCUT2D eigenvalue weighted by Crippen LogP contribution is -2.20. The molecular formula is C21H26N4O5S. The third kappa shape index (κ3) is 5.32. The molecule has 0 atom stereocenters. The fourth-order valence-electron chi connectivity index (χ4n) is 3.60. The zero-order chi connectivity index (χ0) is 22.6. The van der Waals surface area contributed by atoms with Gasteiger partial charge in [-0.15, -0.1) is 0 Å². The zero-order valence-corrected chi connectivity index (χ0v) is 18.4. The van der Waals surface area contributed by atoms with Crippen LogP contribution in [0.15, 0.2) is 36.4 Å². The van der Waals surface area contributed by atoms with Crippen molar-refractivity contribution in [1.29, 1.82) is 0 Å². The summed E-state index contributed by atoms with van der Waals surface area (Å²) in [5.41, 5.74) is 1.93. The average Bonchev–Trinajstić information content (AvgIpc) is 3.25. The normalized spacial score (nSPS) is 13.8. The molecule has 2 aromatic carbocycles. The van der Waals surface area contributed by atoms with Gasteiger partial charge in [-0.25, -0.2) is 8.42 Å². The molecule has 2 N–H and O–H groups in total. The first-order chi connectivity index (χ1) is 14.7. The maximum Gasteiger partial charge on any atom is 0.293 e. The maximum absolute atomic E-state index is 12.8. The molecule has 0 saturated carbocycles. The molecule has 9 nitrogen and oxygen atoms in total. The number of carbonyl (C=O) groups excluding carboxylic acids is 1. The monoisotopic (exact) mass is 446 g/mol. The highest BCUT2D eigenvalue weighted by Crippen LogP contribution is 2.32. The van der Waals surface area contributed by atoms with E-state index in [0.717, 1.165) is 25.9 Å². The van der Waals surface area contributed by atoms with Crippen LogP contribution in [0, 0.1) is 17.0 Å². The standard InChI is InChI=1S/C21H26N4O5S/c1-3-13-31(29,30)23-18-8-6-7-17(15(18)2)22-21(26)16-9-10-19(20(14-16)25(27)28)24-11-4-5-12-24/h6-10,14,23H,3-5,11-13H2,1-2H3,(H,22,26). The Bertz CT molecular complexity index is 1090. The van der Waals surface area contributed by atoms with Crippen LogP contribution in [0.1, 0.15) is 42.1 Å². The summed E-state index contributed by atoms with van der Waals surface area (Å²) < 4.78 is 26.7. The fraction of sp³-hybridized carbons (Fsp3) is 0.381. The lowest BCUT2D eigenvalue weighted by molar-refractivity contribution is -0.384. The van der Waals surface area contributed by atoms with Gasteiger partial charge in [-0.2, -0.15) is 0 Å². The summed E-state index contributed by atoms with van der Waals surface area (Å²) in [5.74, 6) is -0.511. The van der Waals surface area contributed by atoms with Crippen molar-refractivity contribution in [2.24, 2.45) is 0 Å². The number of hydrogen-bond donors (Lipinski definition) is 2. The molecule has 31 heavy (non-hydrogen) atoms. The Labute approximate surface area is 181 Å². The molecule has 1 fully saturated rings. The van der Waals surface area contributed by atoms with Crippen LogP contribution in [0.5, 0.6) is 0 Å². The molecule has 0 spiro atoms. The van der Waals surface area contributed by atoms with Gasteiger partial charge in [0.15, 0.2) is 0 Å². The zero-order valence-electron chi connectivity index (χ0n) is 17.6. The van der Waals surface area contributed by atoms with E-state index >= 15 is 0 Å². The van der Waals surface area contributed by atoms with Crippen LogP contribution in [0.25, 0.3) is 0 Å². The van der Waals surface area contributed by atoms with Gasteiger partial charge >= 0.3 is 0 Å². The summed E-state index contributed by atoms with van der Waals surface area (Å²) in [6.07, 6.45) is 2.45. The van der Waals surface area contributed by atoms with Crippen molar-refractivity contribution in [3.8, 4) is 0 Å². The van der Waals surface area contributed by atoms with E-state index in [1.54, 1.807) is 44.2 Å². The Morgan fingerprint density at radius 1 is 1.16 bits per heavy atom. The summed E-state index contributed by atoms with van der Waals surface area (Å²) >= 11 is 0. The van der Waals surface area contributed by atoms with Gasteiger partial charge < -0.3 is 10.2 Å². The van der Waals surface area contributed by atoms with Gasteiger partial charge in [0.25, 0.3) is 11.6 Å². The van der Waals surface area contributed by atoms with Gasteiger partial charge in [0.1, 0.15) is 5.69 Å². The van der Waals surface area contributed by atoms with Crippen LogP contribution in [0.4, 0.5) is 22.7 Å². The summed E-state index contributed by atoms with van der Waals surface area (Å²) in [6, 6.07) is 9.36. The number of nitrogens with zero attached hydrogens (tertiary/aromatic N) is 2. The minimum Gasteiger partial charge on any atom is -0.366 e. The number of hydrogen-bond acceptors (Lipinski definition) is 6. The van der Waals surface area contributed by atoms with Crippen LogP contribution in [-0.4, -0.2) is 38.1 Å². The molecular weight excluding hydrogens is 420 g/mol. The highest BCUT2D eigenvalue weighted by molar-refractivity contribution is 7.92. The Hall–Kier alpha value is -3.14. The quantitative estimate of drug-likeness (QED) is 0.468. The molecule has 0 bridgehead atoms. The second-order valence-corrected chi connectivity index (χ2v) is 9.35. The van der Waals surface area contributed by atoms with Gasteiger partial charge in [0.05, 0.1) is 16.4 Å². The van der Waals surface area contributed by atoms with Crippen molar-refractivity contribution in [3.63, 3.8) is 0 Å². The summed E-state index contributed by atoms with van der Waals surface area (Å²) in [7, 11) is -3.48. The van der Waals surface area contributed by atoms with Crippen molar-refractivity contribution in [2.75, 3.05) is 33.8 Å². The van der Waals surface area contributed by atoms with Gasteiger partial charge in [0, 0.05) is 30.4 Å². The summed E-state index contributed by atoms with van der Waals surface area (Å²) in [4.78, 5) is 25.8. The van der Waals surface area contributed by atoms with Crippen molar-refractivity contribution in [3.05, 3.63) is 57.6 Å². The summed E-state index contributed by atoms with van der Waals surface area (Å²) in [5, 5.41) is 14.3. The highest BCUT2D eigenvalue weighted by atomic mass is 32.2. The fourth-order valence-corrected chi connectivity index (χ4v) is 4.80. The minimum atomic E-state index is -3.48.